The second kappa shape index (κ2) is 7.71. The van der Waals surface area contributed by atoms with Gasteiger partial charge in [0, 0.05) is 32.4 Å². The van der Waals surface area contributed by atoms with E-state index in [0.29, 0.717) is 23.9 Å². The van der Waals surface area contributed by atoms with Crippen molar-refractivity contribution in [3.63, 3.8) is 0 Å². The Balaban J connectivity index is 1.63. The maximum atomic E-state index is 6.29. The highest BCUT2D eigenvalue weighted by Crippen LogP contribution is 2.28. The van der Waals surface area contributed by atoms with Gasteiger partial charge in [-0.05, 0) is 32.3 Å². The summed E-state index contributed by atoms with van der Waals surface area (Å²) in [6.45, 7) is 6.09. The minimum Gasteiger partial charge on any atom is -0.383 e. The number of methoxy groups -OCH3 is 1. The van der Waals surface area contributed by atoms with Crippen molar-refractivity contribution < 1.29 is 4.74 Å². The van der Waals surface area contributed by atoms with Crippen molar-refractivity contribution in [1.29, 1.82) is 0 Å². The van der Waals surface area contributed by atoms with E-state index in [2.05, 4.69) is 43.3 Å². The van der Waals surface area contributed by atoms with Gasteiger partial charge in [0.2, 0.25) is 5.95 Å². The molecule has 4 heterocycles. The lowest BCUT2D eigenvalue weighted by molar-refractivity contribution is 0.0816. The summed E-state index contributed by atoms with van der Waals surface area (Å²) < 4.78 is 7.60. The second-order valence-corrected chi connectivity index (χ2v) is 7.36. The van der Waals surface area contributed by atoms with Crippen molar-refractivity contribution in [3.05, 3.63) is 24.8 Å². The van der Waals surface area contributed by atoms with Crippen LogP contribution >= 0.6 is 0 Å². The molecule has 2 N–H and O–H groups in total. The highest BCUT2D eigenvalue weighted by molar-refractivity contribution is 5.82. The quantitative estimate of drug-likeness (QED) is 0.726. The van der Waals surface area contributed by atoms with Gasteiger partial charge in [0.15, 0.2) is 0 Å². The molecule has 0 aromatic carbocycles. The first-order valence-corrected chi connectivity index (χ1v) is 9.84. The van der Waals surface area contributed by atoms with E-state index >= 15 is 0 Å². The Hall–Kier alpha value is -2.74. The van der Waals surface area contributed by atoms with Gasteiger partial charge in [-0.25, -0.2) is 9.97 Å². The molecule has 1 atom stereocenters. The summed E-state index contributed by atoms with van der Waals surface area (Å²) in [5, 5.41) is 0. The monoisotopic (exact) mass is 381 g/mol. The van der Waals surface area contributed by atoms with Crippen LogP contribution in [0.5, 0.6) is 0 Å². The lowest BCUT2D eigenvalue weighted by Gasteiger charge is -2.31. The predicted octanol–water partition coefficient (Wildman–Crippen LogP) is 3.06. The van der Waals surface area contributed by atoms with Crippen LogP contribution < -0.4 is 10.6 Å². The Labute approximate surface area is 164 Å². The normalized spacial score (nSPS) is 16.6. The van der Waals surface area contributed by atoms with E-state index in [-0.39, 0.29) is 0 Å². The molecule has 8 heteroatoms. The van der Waals surface area contributed by atoms with Crippen molar-refractivity contribution in [2.24, 2.45) is 0 Å². The number of pyridine rings is 1. The molecule has 0 spiro atoms. The summed E-state index contributed by atoms with van der Waals surface area (Å²) in [5.74, 6) is 1.11. The van der Waals surface area contributed by atoms with E-state index in [4.69, 9.17) is 10.5 Å². The highest BCUT2D eigenvalue weighted by Gasteiger charge is 2.21. The van der Waals surface area contributed by atoms with E-state index < -0.39 is 0 Å². The van der Waals surface area contributed by atoms with Crippen molar-refractivity contribution in [2.45, 2.75) is 45.3 Å². The first-order chi connectivity index (χ1) is 13.6. The number of nitrogens with zero attached hydrogens (tertiary/aromatic N) is 6. The Kier molecular flexibility index (Phi) is 5.13. The summed E-state index contributed by atoms with van der Waals surface area (Å²) in [6, 6.07) is 2.39. The first kappa shape index (κ1) is 18.6. The van der Waals surface area contributed by atoms with E-state index in [1.165, 1.54) is 0 Å². The standard InChI is InChI=1S/C20H27N7O/c1-4-13(2)27-12-24-17-11-22-16(9-18(17)27)15-10-23-20(25-19(15)21)26-7-5-14(28-3)6-8-26/h9-14H,4-8H2,1-3H3,(H2,21,23,25). The average Bonchev–Trinajstić information content (AvgIpc) is 3.16. The maximum Gasteiger partial charge on any atom is 0.227 e. The van der Waals surface area contributed by atoms with Crippen LogP contribution in [-0.2, 0) is 4.74 Å². The number of ether oxygens (including phenoxy) is 1. The van der Waals surface area contributed by atoms with Crippen LogP contribution in [0.2, 0.25) is 0 Å². The first-order valence-electron chi connectivity index (χ1n) is 9.84. The number of rotatable bonds is 5. The number of fused-ring (bicyclic) bond motifs is 1. The predicted molar refractivity (Wildman–Crippen MR) is 110 cm³/mol. The fourth-order valence-electron chi connectivity index (χ4n) is 3.65. The zero-order chi connectivity index (χ0) is 19.7. The topological polar surface area (TPSA) is 95.0 Å². The summed E-state index contributed by atoms with van der Waals surface area (Å²) in [7, 11) is 1.76. The van der Waals surface area contributed by atoms with Crippen LogP contribution in [0.1, 0.15) is 39.2 Å². The van der Waals surface area contributed by atoms with Crippen LogP contribution in [0.3, 0.4) is 0 Å². The summed E-state index contributed by atoms with van der Waals surface area (Å²) in [5.41, 5.74) is 9.72. The smallest absolute Gasteiger partial charge is 0.227 e. The third kappa shape index (κ3) is 3.40. The molecular formula is C20H27N7O. The van der Waals surface area contributed by atoms with Crippen molar-refractivity contribution in [1.82, 2.24) is 24.5 Å². The van der Waals surface area contributed by atoms with Gasteiger partial charge in [-0.15, -0.1) is 0 Å². The third-order valence-corrected chi connectivity index (χ3v) is 5.67. The number of hydrogen-bond acceptors (Lipinski definition) is 7. The molecule has 1 aliphatic heterocycles. The van der Waals surface area contributed by atoms with Crippen LogP contribution in [0.15, 0.2) is 24.8 Å². The Morgan fingerprint density at radius 2 is 2.00 bits per heavy atom. The molecule has 0 radical (unpaired) electrons. The largest absolute Gasteiger partial charge is 0.383 e. The molecule has 0 amide bonds. The van der Waals surface area contributed by atoms with Crippen molar-refractivity contribution in [3.8, 4) is 11.3 Å². The van der Waals surface area contributed by atoms with Crippen LogP contribution in [-0.4, -0.2) is 50.8 Å². The Morgan fingerprint density at radius 3 is 2.68 bits per heavy atom. The number of imidazole rings is 1. The van der Waals surface area contributed by atoms with Crippen LogP contribution in [0, 0.1) is 0 Å². The molecule has 1 saturated heterocycles. The van der Waals surface area contributed by atoms with Crippen molar-refractivity contribution >= 4 is 22.8 Å². The van der Waals surface area contributed by atoms with Gasteiger partial charge in [-0.2, -0.15) is 4.98 Å². The van der Waals surface area contributed by atoms with E-state index in [1.807, 2.05) is 12.4 Å². The number of aromatic nitrogens is 5. The van der Waals surface area contributed by atoms with E-state index in [0.717, 1.165) is 54.6 Å². The van der Waals surface area contributed by atoms with Gasteiger partial charge in [0.1, 0.15) is 11.3 Å². The molecule has 1 aliphatic rings. The number of nitrogen functional groups attached to an aromatic ring is 1. The third-order valence-electron chi connectivity index (χ3n) is 5.67. The maximum absolute atomic E-state index is 6.29. The molecule has 0 aliphatic carbocycles. The molecule has 4 rings (SSSR count). The molecule has 0 saturated carbocycles. The van der Waals surface area contributed by atoms with E-state index in [1.54, 1.807) is 19.5 Å². The minimum absolute atomic E-state index is 0.319. The molecule has 8 nitrogen and oxygen atoms in total. The Morgan fingerprint density at radius 1 is 1.21 bits per heavy atom. The molecule has 0 bridgehead atoms. The molecular weight excluding hydrogens is 354 g/mol. The highest BCUT2D eigenvalue weighted by atomic mass is 16.5. The summed E-state index contributed by atoms with van der Waals surface area (Å²) in [4.78, 5) is 20.3. The van der Waals surface area contributed by atoms with Crippen molar-refractivity contribution in [2.75, 3.05) is 30.8 Å². The van der Waals surface area contributed by atoms with Gasteiger partial charge < -0.3 is 19.9 Å². The molecule has 148 valence electrons. The fraction of sp³-hybridized carbons (Fsp3) is 0.500. The second-order valence-electron chi connectivity index (χ2n) is 7.36. The molecule has 3 aromatic heterocycles. The zero-order valence-electron chi connectivity index (χ0n) is 16.7. The molecule has 3 aromatic rings. The molecule has 1 fully saturated rings. The average molecular weight is 381 g/mol. The number of hydrogen-bond donors (Lipinski definition) is 1. The van der Waals surface area contributed by atoms with Crippen LogP contribution in [0.4, 0.5) is 11.8 Å². The molecule has 1 unspecified atom stereocenters. The van der Waals surface area contributed by atoms with Gasteiger partial charge in [-0.3, -0.25) is 4.98 Å². The lowest BCUT2D eigenvalue weighted by atomic mass is 10.1. The zero-order valence-corrected chi connectivity index (χ0v) is 16.7. The van der Waals surface area contributed by atoms with Gasteiger partial charge in [-0.1, -0.05) is 6.92 Å². The van der Waals surface area contributed by atoms with Crippen LogP contribution in [0.25, 0.3) is 22.3 Å². The lowest BCUT2D eigenvalue weighted by Crippen LogP contribution is -2.37. The summed E-state index contributed by atoms with van der Waals surface area (Å²) >= 11 is 0. The number of piperidine rings is 1. The summed E-state index contributed by atoms with van der Waals surface area (Å²) in [6.07, 6.45) is 8.72. The van der Waals surface area contributed by atoms with Gasteiger partial charge in [0.25, 0.3) is 0 Å². The van der Waals surface area contributed by atoms with E-state index in [9.17, 15) is 0 Å². The number of anilines is 2. The fourth-order valence-corrected chi connectivity index (χ4v) is 3.65. The Bertz CT molecular complexity index is 962. The number of nitrogens with two attached hydrogens (primary N) is 1. The SMILES string of the molecule is CCC(C)n1cnc2cnc(-c3cnc(N4CCC(OC)CC4)nc3N)cc21. The molecule has 28 heavy (non-hydrogen) atoms. The van der Waals surface area contributed by atoms with Gasteiger partial charge in [0.05, 0.1) is 35.4 Å². The minimum atomic E-state index is 0.319. The van der Waals surface area contributed by atoms with Gasteiger partial charge >= 0.3 is 0 Å².